The third-order valence-electron chi connectivity index (χ3n) is 3.20. The average molecular weight is 248 g/mol. The summed E-state index contributed by atoms with van der Waals surface area (Å²) in [5, 5.41) is 11.4. The maximum Gasteiger partial charge on any atom is 0.150 e. The van der Waals surface area contributed by atoms with E-state index in [1.807, 2.05) is 42.5 Å². The molecule has 2 nitrogen and oxygen atoms in total. The van der Waals surface area contributed by atoms with Crippen molar-refractivity contribution < 1.29 is 9.90 Å². The number of phenols is 1. The van der Waals surface area contributed by atoms with Crippen LogP contribution in [0.3, 0.4) is 0 Å². The van der Waals surface area contributed by atoms with Crippen LogP contribution in [0.2, 0.25) is 0 Å². The molecule has 3 aromatic rings. The minimum Gasteiger partial charge on any atom is -0.508 e. The number of carbonyl (C=O) groups is 1. The van der Waals surface area contributed by atoms with Crippen molar-refractivity contribution in [3.8, 4) is 16.9 Å². The number of benzene rings is 3. The van der Waals surface area contributed by atoms with Crippen LogP contribution >= 0.6 is 0 Å². The molecule has 0 atom stereocenters. The second-order valence-corrected chi connectivity index (χ2v) is 4.49. The molecule has 92 valence electrons. The van der Waals surface area contributed by atoms with Gasteiger partial charge in [0, 0.05) is 5.56 Å². The molecule has 0 aliphatic carbocycles. The fourth-order valence-corrected chi connectivity index (χ4v) is 2.17. The average Bonchev–Trinajstić information content (AvgIpc) is 2.47. The second kappa shape index (κ2) is 4.58. The van der Waals surface area contributed by atoms with Gasteiger partial charge in [0.05, 0.1) is 0 Å². The highest BCUT2D eigenvalue weighted by Crippen LogP contribution is 2.26. The van der Waals surface area contributed by atoms with Crippen LogP contribution in [0.5, 0.6) is 5.75 Å². The molecule has 3 rings (SSSR count). The van der Waals surface area contributed by atoms with Gasteiger partial charge in [0.2, 0.25) is 0 Å². The molecule has 2 heteroatoms. The van der Waals surface area contributed by atoms with Gasteiger partial charge < -0.3 is 5.11 Å². The van der Waals surface area contributed by atoms with Crippen LogP contribution in [0.4, 0.5) is 0 Å². The van der Waals surface area contributed by atoms with Gasteiger partial charge in [0.25, 0.3) is 0 Å². The van der Waals surface area contributed by atoms with E-state index in [1.165, 1.54) is 0 Å². The third-order valence-corrected chi connectivity index (χ3v) is 3.20. The van der Waals surface area contributed by atoms with E-state index in [9.17, 15) is 9.90 Å². The fourth-order valence-electron chi connectivity index (χ4n) is 2.17. The van der Waals surface area contributed by atoms with Gasteiger partial charge in [-0.2, -0.15) is 0 Å². The Morgan fingerprint density at radius 1 is 0.737 bits per heavy atom. The van der Waals surface area contributed by atoms with Crippen molar-refractivity contribution in [1.29, 1.82) is 0 Å². The van der Waals surface area contributed by atoms with Crippen LogP contribution in [0.1, 0.15) is 10.4 Å². The molecule has 0 amide bonds. The van der Waals surface area contributed by atoms with Crippen LogP contribution in [0, 0.1) is 0 Å². The van der Waals surface area contributed by atoms with Crippen LogP contribution in [-0.4, -0.2) is 11.4 Å². The fraction of sp³-hybridized carbons (Fsp3) is 0. The highest BCUT2D eigenvalue weighted by molar-refractivity contribution is 5.91. The van der Waals surface area contributed by atoms with E-state index < -0.39 is 0 Å². The molecule has 0 radical (unpaired) electrons. The molecular formula is C17H12O2. The van der Waals surface area contributed by atoms with Crippen molar-refractivity contribution in [2.24, 2.45) is 0 Å². The van der Waals surface area contributed by atoms with Crippen molar-refractivity contribution in [3.05, 3.63) is 66.2 Å². The highest BCUT2D eigenvalue weighted by atomic mass is 16.3. The van der Waals surface area contributed by atoms with Crippen LogP contribution in [0.15, 0.2) is 60.7 Å². The van der Waals surface area contributed by atoms with E-state index in [4.69, 9.17) is 0 Å². The van der Waals surface area contributed by atoms with Gasteiger partial charge in [-0.25, -0.2) is 0 Å². The van der Waals surface area contributed by atoms with Gasteiger partial charge in [-0.3, -0.25) is 4.79 Å². The summed E-state index contributed by atoms with van der Waals surface area (Å²) in [5.41, 5.74) is 2.83. The summed E-state index contributed by atoms with van der Waals surface area (Å²) in [4.78, 5) is 10.7. The molecule has 0 unspecified atom stereocenters. The van der Waals surface area contributed by atoms with E-state index in [0.29, 0.717) is 5.56 Å². The molecule has 0 aliphatic heterocycles. The second-order valence-electron chi connectivity index (χ2n) is 4.49. The molecule has 0 heterocycles. The summed E-state index contributed by atoms with van der Waals surface area (Å²) in [6.07, 6.45) is 0.854. The lowest BCUT2D eigenvalue weighted by Gasteiger charge is -2.05. The van der Waals surface area contributed by atoms with E-state index in [0.717, 1.165) is 28.2 Å². The summed E-state index contributed by atoms with van der Waals surface area (Å²) in [7, 11) is 0. The first-order chi connectivity index (χ1) is 9.26. The lowest BCUT2D eigenvalue weighted by atomic mass is 10.00. The van der Waals surface area contributed by atoms with E-state index in [1.54, 1.807) is 12.1 Å². The number of phenolic OH excluding ortho intramolecular Hbond substituents is 1. The van der Waals surface area contributed by atoms with E-state index in [2.05, 4.69) is 6.07 Å². The van der Waals surface area contributed by atoms with Gasteiger partial charge >= 0.3 is 0 Å². The quantitative estimate of drug-likeness (QED) is 0.695. The predicted octanol–water partition coefficient (Wildman–Crippen LogP) is 4.02. The largest absolute Gasteiger partial charge is 0.508 e. The molecule has 0 fully saturated rings. The summed E-state index contributed by atoms with van der Waals surface area (Å²) >= 11 is 0. The van der Waals surface area contributed by atoms with Gasteiger partial charge in [-0.15, -0.1) is 0 Å². The van der Waals surface area contributed by atoms with Gasteiger partial charge in [0.15, 0.2) is 0 Å². The predicted molar refractivity (Wildman–Crippen MR) is 76.4 cm³/mol. The number of carbonyl (C=O) groups excluding carboxylic acids is 1. The molecule has 0 spiro atoms. The Labute approximate surface area is 110 Å². The van der Waals surface area contributed by atoms with Crippen molar-refractivity contribution in [3.63, 3.8) is 0 Å². The smallest absolute Gasteiger partial charge is 0.150 e. The molecular weight excluding hydrogens is 236 g/mol. The Hall–Kier alpha value is -2.61. The maximum atomic E-state index is 10.7. The van der Waals surface area contributed by atoms with Crippen LogP contribution in [-0.2, 0) is 0 Å². The van der Waals surface area contributed by atoms with Crippen molar-refractivity contribution >= 4 is 17.1 Å². The maximum absolute atomic E-state index is 10.7. The topological polar surface area (TPSA) is 37.3 Å². The normalized spacial score (nSPS) is 10.5. The summed E-state index contributed by atoms with van der Waals surface area (Å²) in [5.74, 6) is 0.264. The molecule has 3 aromatic carbocycles. The highest BCUT2D eigenvalue weighted by Gasteiger charge is 2.01. The Morgan fingerprint density at radius 3 is 2.11 bits per heavy atom. The monoisotopic (exact) mass is 248 g/mol. The van der Waals surface area contributed by atoms with E-state index in [-0.39, 0.29) is 5.75 Å². The molecule has 0 bridgehead atoms. The zero-order valence-electron chi connectivity index (χ0n) is 10.2. The van der Waals surface area contributed by atoms with Gasteiger partial charge in [-0.05, 0) is 46.2 Å². The molecule has 19 heavy (non-hydrogen) atoms. The van der Waals surface area contributed by atoms with E-state index >= 15 is 0 Å². The first-order valence-electron chi connectivity index (χ1n) is 6.05. The summed E-state index contributed by atoms with van der Waals surface area (Å²) in [6.45, 7) is 0. The number of hydrogen-bond donors (Lipinski definition) is 1. The SMILES string of the molecule is O=Cc1ccc2cc(-c3ccc(O)cc3)ccc2c1. The third kappa shape index (κ3) is 2.20. The molecule has 1 N–H and O–H groups in total. The van der Waals surface area contributed by atoms with Gasteiger partial charge in [0.1, 0.15) is 12.0 Å². The first kappa shape index (κ1) is 11.5. The Bertz CT molecular complexity index is 743. The Balaban J connectivity index is 2.11. The first-order valence-corrected chi connectivity index (χ1v) is 6.05. The van der Waals surface area contributed by atoms with Gasteiger partial charge in [-0.1, -0.05) is 36.4 Å². The molecule has 0 aliphatic rings. The Kier molecular flexibility index (Phi) is 2.76. The standard InChI is InChI=1S/C17H12O2/c18-11-12-1-2-16-10-15(4-3-14(16)9-12)13-5-7-17(19)8-6-13/h1-11,19H. The minimum absolute atomic E-state index is 0.264. The number of aromatic hydroxyl groups is 1. The van der Waals surface area contributed by atoms with Crippen molar-refractivity contribution in [2.45, 2.75) is 0 Å². The lowest BCUT2D eigenvalue weighted by Crippen LogP contribution is -1.82. The number of fused-ring (bicyclic) bond motifs is 1. The molecule has 0 saturated heterocycles. The summed E-state index contributed by atoms with van der Waals surface area (Å²) in [6, 6.07) is 18.9. The Morgan fingerprint density at radius 2 is 1.37 bits per heavy atom. The molecule has 0 aromatic heterocycles. The van der Waals surface area contributed by atoms with Crippen molar-refractivity contribution in [2.75, 3.05) is 0 Å². The number of aldehydes is 1. The molecule has 0 saturated carbocycles. The summed E-state index contributed by atoms with van der Waals surface area (Å²) < 4.78 is 0. The van der Waals surface area contributed by atoms with Crippen LogP contribution < -0.4 is 0 Å². The zero-order valence-corrected chi connectivity index (χ0v) is 10.2. The van der Waals surface area contributed by atoms with Crippen molar-refractivity contribution in [1.82, 2.24) is 0 Å². The lowest BCUT2D eigenvalue weighted by molar-refractivity contribution is 0.112. The van der Waals surface area contributed by atoms with Crippen LogP contribution in [0.25, 0.3) is 21.9 Å². The zero-order chi connectivity index (χ0) is 13.2. The number of hydrogen-bond acceptors (Lipinski definition) is 2. The minimum atomic E-state index is 0.264. The number of rotatable bonds is 2.